The number of aryl methyl sites for hydroxylation is 1. The average molecular weight is 512 g/mol. The van der Waals surface area contributed by atoms with Crippen molar-refractivity contribution in [3.63, 3.8) is 0 Å². The van der Waals surface area contributed by atoms with Gasteiger partial charge in [0.05, 0.1) is 11.4 Å². The van der Waals surface area contributed by atoms with Gasteiger partial charge in [0.15, 0.2) is 4.80 Å². The summed E-state index contributed by atoms with van der Waals surface area (Å²) in [6, 6.07) is 31.2. The van der Waals surface area contributed by atoms with Crippen molar-refractivity contribution >= 4 is 27.9 Å². The van der Waals surface area contributed by atoms with Crippen LogP contribution in [0.2, 0.25) is 0 Å². The zero-order valence-corrected chi connectivity index (χ0v) is 20.6. The molecular weight excluding hydrogens is 488 g/mol. The van der Waals surface area contributed by atoms with E-state index in [1.807, 2.05) is 48.5 Å². The molecule has 0 spiro atoms. The smallest absolute Gasteiger partial charge is 0.256 e. The van der Waals surface area contributed by atoms with Crippen LogP contribution in [-0.2, 0) is 13.0 Å². The molecule has 0 saturated carbocycles. The second-order valence-corrected chi connectivity index (χ2v) is 9.34. The standard InChI is InChI=1S/C30H23F2N3OS/c31-24-15-11-22(12-16-24)27-29(34-28(36)23-13-17-25(32)18-14-23)37-30(33-26-9-5-2-6-10-26)35(27)20-19-21-7-3-1-4-8-21/h1-18H,19-20H2,(H,34,36). The minimum Gasteiger partial charge on any atom is -0.314 e. The molecule has 4 nitrogen and oxygen atoms in total. The van der Waals surface area contributed by atoms with Crippen LogP contribution in [0.15, 0.2) is 114 Å². The Labute approximate surface area is 217 Å². The molecule has 0 radical (unpaired) electrons. The lowest BCUT2D eigenvalue weighted by molar-refractivity contribution is 0.102. The van der Waals surface area contributed by atoms with Crippen LogP contribution < -0.4 is 10.1 Å². The average Bonchev–Trinajstić information content (AvgIpc) is 3.25. The molecule has 184 valence electrons. The zero-order valence-electron chi connectivity index (χ0n) is 19.8. The molecule has 0 fully saturated rings. The van der Waals surface area contributed by atoms with Crippen LogP contribution in [0, 0.1) is 11.6 Å². The predicted molar refractivity (Wildman–Crippen MR) is 144 cm³/mol. The minimum absolute atomic E-state index is 0.331. The summed E-state index contributed by atoms with van der Waals surface area (Å²) >= 11 is 1.34. The van der Waals surface area contributed by atoms with E-state index in [9.17, 15) is 13.6 Å². The van der Waals surface area contributed by atoms with Crippen LogP contribution in [-0.4, -0.2) is 10.5 Å². The van der Waals surface area contributed by atoms with Crippen molar-refractivity contribution in [3.05, 3.63) is 137 Å². The Kier molecular flexibility index (Phi) is 7.33. The molecular formula is C30H23F2N3OS. The van der Waals surface area contributed by atoms with E-state index >= 15 is 0 Å². The molecule has 5 rings (SSSR count). The first-order valence-electron chi connectivity index (χ1n) is 11.8. The van der Waals surface area contributed by atoms with Gasteiger partial charge in [-0.3, -0.25) is 4.79 Å². The van der Waals surface area contributed by atoms with Crippen LogP contribution in [0.3, 0.4) is 0 Å². The van der Waals surface area contributed by atoms with Crippen molar-refractivity contribution in [2.75, 3.05) is 5.32 Å². The summed E-state index contributed by atoms with van der Waals surface area (Å²) in [6.07, 6.45) is 0.735. The second-order valence-electron chi connectivity index (χ2n) is 8.36. The van der Waals surface area contributed by atoms with Crippen LogP contribution >= 0.6 is 11.3 Å². The number of halogens is 2. The first-order valence-corrected chi connectivity index (χ1v) is 12.6. The maximum Gasteiger partial charge on any atom is 0.256 e. The quantitative estimate of drug-likeness (QED) is 0.246. The maximum atomic E-state index is 13.8. The lowest BCUT2D eigenvalue weighted by Crippen LogP contribution is -2.17. The van der Waals surface area contributed by atoms with Crippen molar-refractivity contribution in [2.45, 2.75) is 13.0 Å². The van der Waals surface area contributed by atoms with Crippen LogP contribution in [0.4, 0.5) is 19.5 Å². The number of thiazole rings is 1. The highest BCUT2D eigenvalue weighted by Gasteiger charge is 2.19. The van der Waals surface area contributed by atoms with Gasteiger partial charge in [0.2, 0.25) is 0 Å². The van der Waals surface area contributed by atoms with E-state index in [-0.39, 0.29) is 11.7 Å². The van der Waals surface area contributed by atoms with Gasteiger partial charge in [-0.25, -0.2) is 13.8 Å². The number of hydrogen-bond donors (Lipinski definition) is 1. The number of rotatable bonds is 7. The largest absolute Gasteiger partial charge is 0.314 e. The number of aromatic nitrogens is 1. The van der Waals surface area contributed by atoms with Crippen LogP contribution in [0.25, 0.3) is 11.3 Å². The van der Waals surface area contributed by atoms with Gasteiger partial charge in [-0.05, 0) is 72.6 Å². The summed E-state index contributed by atoms with van der Waals surface area (Å²) in [5, 5.41) is 3.56. The third kappa shape index (κ3) is 5.90. The fraction of sp³-hybridized carbons (Fsp3) is 0.0667. The third-order valence-electron chi connectivity index (χ3n) is 5.81. The minimum atomic E-state index is -0.414. The van der Waals surface area contributed by atoms with E-state index in [1.54, 1.807) is 12.1 Å². The number of carbonyl (C=O) groups is 1. The highest BCUT2D eigenvalue weighted by molar-refractivity contribution is 7.14. The van der Waals surface area contributed by atoms with Crippen molar-refractivity contribution in [1.29, 1.82) is 0 Å². The number of anilines is 1. The monoisotopic (exact) mass is 511 g/mol. The van der Waals surface area contributed by atoms with Crippen molar-refractivity contribution in [1.82, 2.24) is 4.57 Å². The summed E-state index contributed by atoms with van der Waals surface area (Å²) in [5.41, 5.74) is 3.74. The zero-order chi connectivity index (χ0) is 25.6. The molecule has 37 heavy (non-hydrogen) atoms. The molecule has 0 bridgehead atoms. The van der Waals surface area contributed by atoms with E-state index in [4.69, 9.17) is 4.99 Å². The highest BCUT2D eigenvalue weighted by Crippen LogP contribution is 2.32. The highest BCUT2D eigenvalue weighted by atomic mass is 32.1. The number of nitrogens with zero attached hydrogens (tertiary/aromatic N) is 2. The molecule has 0 atom stereocenters. The van der Waals surface area contributed by atoms with Gasteiger partial charge in [-0.1, -0.05) is 59.9 Å². The molecule has 5 aromatic rings. The first-order chi connectivity index (χ1) is 18.1. The topological polar surface area (TPSA) is 46.4 Å². The van der Waals surface area contributed by atoms with Gasteiger partial charge in [-0.15, -0.1) is 0 Å². The van der Waals surface area contributed by atoms with Crippen molar-refractivity contribution < 1.29 is 13.6 Å². The summed E-state index contributed by atoms with van der Waals surface area (Å²) in [4.78, 5) is 18.7. The van der Waals surface area contributed by atoms with E-state index in [0.717, 1.165) is 28.9 Å². The van der Waals surface area contributed by atoms with Gasteiger partial charge in [0.1, 0.15) is 16.6 Å². The normalized spacial score (nSPS) is 11.5. The summed E-state index contributed by atoms with van der Waals surface area (Å²) in [5.74, 6) is -1.13. The van der Waals surface area contributed by atoms with E-state index in [2.05, 4.69) is 22.0 Å². The number of hydrogen-bond acceptors (Lipinski definition) is 3. The second kappa shape index (κ2) is 11.1. The molecule has 1 amide bonds. The Morgan fingerprint density at radius 1 is 0.784 bits per heavy atom. The molecule has 1 aromatic heterocycles. The molecule has 0 saturated heterocycles. The lowest BCUT2D eigenvalue weighted by Gasteiger charge is -2.12. The molecule has 0 unspecified atom stereocenters. The predicted octanol–water partition coefficient (Wildman–Crippen LogP) is 7.22. The third-order valence-corrected chi connectivity index (χ3v) is 6.80. The Bertz CT molecular complexity index is 1560. The van der Waals surface area contributed by atoms with Gasteiger partial charge < -0.3 is 9.88 Å². The number of carbonyl (C=O) groups excluding carboxylic acids is 1. The van der Waals surface area contributed by atoms with Crippen LogP contribution in [0.5, 0.6) is 0 Å². The Morgan fingerprint density at radius 2 is 1.38 bits per heavy atom. The Hall–Kier alpha value is -4.36. The number of para-hydroxylation sites is 1. The molecule has 1 heterocycles. The molecule has 7 heteroatoms. The van der Waals surface area contributed by atoms with E-state index in [0.29, 0.717) is 21.9 Å². The maximum absolute atomic E-state index is 13.8. The fourth-order valence-electron chi connectivity index (χ4n) is 3.96. The SMILES string of the molecule is O=C(Nc1sc(=Nc2ccccc2)n(CCc2ccccc2)c1-c1ccc(F)cc1)c1ccc(F)cc1. The summed E-state index contributed by atoms with van der Waals surface area (Å²) in [6.45, 7) is 0.589. The number of benzene rings is 4. The Morgan fingerprint density at radius 3 is 2.03 bits per heavy atom. The van der Waals surface area contributed by atoms with E-state index < -0.39 is 5.82 Å². The van der Waals surface area contributed by atoms with Gasteiger partial charge >= 0.3 is 0 Å². The molecule has 0 aliphatic carbocycles. The van der Waals surface area contributed by atoms with Gasteiger partial charge in [-0.2, -0.15) is 0 Å². The first kappa shape index (κ1) is 24.3. The van der Waals surface area contributed by atoms with Gasteiger partial charge in [0, 0.05) is 17.7 Å². The molecule has 4 aromatic carbocycles. The lowest BCUT2D eigenvalue weighted by atomic mass is 10.1. The fourth-order valence-corrected chi connectivity index (χ4v) is 5.05. The van der Waals surface area contributed by atoms with Crippen molar-refractivity contribution in [2.24, 2.45) is 4.99 Å². The number of nitrogens with one attached hydrogen (secondary N) is 1. The summed E-state index contributed by atoms with van der Waals surface area (Å²) < 4.78 is 29.3. The van der Waals surface area contributed by atoms with Crippen LogP contribution in [0.1, 0.15) is 15.9 Å². The Balaban J connectivity index is 1.64. The molecule has 0 aliphatic heterocycles. The van der Waals surface area contributed by atoms with E-state index in [1.165, 1.54) is 47.7 Å². The molecule has 1 N–H and O–H groups in total. The number of amides is 1. The summed E-state index contributed by atoms with van der Waals surface area (Å²) in [7, 11) is 0. The van der Waals surface area contributed by atoms with Gasteiger partial charge in [0.25, 0.3) is 5.91 Å². The molecule has 0 aliphatic rings. The van der Waals surface area contributed by atoms with Crippen molar-refractivity contribution in [3.8, 4) is 11.3 Å².